The molecule has 2 rings (SSSR count). The number of nitrogens with one attached hydrogen (secondary N) is 1. The Kier molecular flexibility index (Phi) is 4.98. The van der Waals surface area contributed by atoms with Gasteiger partial charge in [0.2, 0.25) is 5.91 Å². The summed E-state index contributed by atoms with van der Waals surface area (Å²) in [5.41, 5.74) is 7.51. The molecule has 3 N–H and O–H groups in total. The number of nitrogens with zero attached hydrogens (tertiary/aromatic N) is 1. The molecule has 0 aliphatic carbocycles. The Hall–Kier alpha value is -1.43. The van der Waals surface area contributed by atoms with Crippen LogP contribution in [0, 0.1) is 6.92 Å². The van der Waals surface area contributed by atoms with Crippen LogP contribution in [0.5, 0.6) is 0 Å². The normalized spacial score (nSPS) is 13.8. The molecule has 0 fully saturated rings. The van der Waals surface area contributed by atoms with Crippen molar-refractivity contribution in [2.75, 3.05) is 0 Å². The van der Waals surface area contributed by atoms with Gasteiger partial charge in [-0.15, -0.1) is 11.3 Å². The summed E-state index contributed by atoms with van der Waals surface area (Å²) in [6.07, 6.45) is 0. The van der Waals surface area contributed by atoms with Gasteiger partial charge < -0.3 is 11.1 Å². The second kappa shape index (κ2) is 6.56. The summed E-state index contributed by atoms with van der Waals surface area (Å²) in [5, 5.41) is 4.51. The van der Waals surface area contributed by atoms with Gasteiger partial charge in [-0.2, -0.15) is 0 Å². The highest BCUT2D eigenvalue weighted by Crippen LogP contribution is 2.32. The highest BCUT2D eigenvalue weighted by Gasteiger charge is 2.18. The third-order valence-corrected chi connectivity index (χ3v) is 4.73. The summed E-state index contributed by atoms with van der Waals surface area (Å²) in [7, 11) is 0. The van der Waals surface area contributed by atoms with Gasteiger partial charge in [-0.3, -0.25) is 4.79 Å². The van der Waals surface area contributed by atoms with Gasteiger partial charge in [0.05, 0.1) is 22.7 Å². The van der Waals surface area contributed by atoms with Crippen LogP contribution in [0.15, 0.2) is 24.3 Å². The number of halogens is 1. The largest absolute Gasteiger partial charge is 0.347 e. The summed E-state index contributed by atoms with van der Waals surface area (Å²) in [6.45, 7) is 5.55. The van der Waals surface area contributed by atoms with Crippen molar-refractivity contribution in [2.24, 2.45) is 5.73 Å². The van der Waals surface area contributed by atoms with E-state index in [0.717, 1.165) is 21.1 Å². The van der Waals surface area contributed by atoms with Crippen molar-refractivity contribution >= 4 is 28.8 Å². The smallest absolute Gasteiger partial charge is 0.237 e. The van der Waals surface area contributed by atoms with Gasteiger partial charge in [0.1, 0.15) is 5.01 Å². The van der Waals surface area contributed by atoms with E-state index in [4.69, 9.17) is 17.3 Å². The number of hydrogen-bond donors (Lipinski definition) is 2. The van der Waals surface area contributed by atoms with E-state index >= 15 is 0 Å². The van der Waals surface area contributed by atoms with Crippen molar-refractivity contribution in [1.29, 1.82) is 0 Å². The number of benzene rings is 1. The van der Waals surface area contributed by atoms with Crippen LogP contribution in [0.3, 0.4) is 0 Å². The fourth-order valence-electron chi connectivity index (χ4n) is 1.94. The molecular formula is C15H18ClN3OS. The lowest BCUT2D eigenvalue weighted by molar-refractivity contribution is -0.122. The van der Waals surface area contributed by atoms with Crippen molar-refractivity contribution in [1.82, 2.24) is 10.3 Å². The predicted molar refractivity (Wildman–Crippen MR) is 87.5 cm³/mol. The Morgan fingerprint density at radius 3 is 2.52 bits per heavy atom. The Morgan fingerprint density at radius 1 is 1.33 bits per heavy atom. The van der Waals surface area contributed by atoms with Crippen molar-refractivity contribution in [3.63, 3.8) is 0 Å². The summed E-state index contributed by atoms with van der Waals surface area (Å²) < 4.78 is 0. The summed E-state index contributed by atoms with van der Waals surface area (Å²) >= 11 is 7.47. The van der Waals surface area contributed by atoms with Crippen LogP contribution in [0.4, 0.5) is 0 Å². The lowest BCUT2D eigenvalue weighted by atomic mass is 10.2. The van der Waals surface area contributed by atoms with Gasteiger partial charge in [-0.05, 0) is 32.9 Å². The predicted octanol–water partition coefficient (Wildman–Crippen LogP) is 3.30. The van der Waals surface area contributed by atoms with Crippen LogP contribution in [-0.4, -0.2) is 16.9 Å². The van der Waals surface area contributed by atoms with Gasteiger partial charge in [0.25, 0.3) is 0 Å². The minimum Gasteiger partial charge on any atom is -0.347 e. The Balaban J connectivity index is 2.22. The Bertz CT molecular complexity index is 637. The van der Waals surface area contributed by atoms with E-state index in [9.17, 15) is 4.79 Å². The first-order valence-corrected chi connectivity index (χ1v) is 7.87. The number of amides is 1. The fraction of sp³-hybridized carbons (Fsp3) is 0.333. The molecule has 4 nitrogen and oxygen atoms in total. The molecule has 1 aromatic carbocycles. The SMILES string of the molecule is Cc1nc(-c2ccc(Cl)cc2)sc1C(C)NC(=O)[C@H](C)N. The molecular weight excluding hydrogens is 306 g/mol. The second-order valence-electron chi connectivity index (χ2n) is 4.99. The lowest BCUT2D eigenvalue weighted by Gasteiger charge is -2.14. The van der Waals surface area contributed by atoms with E-state index in [1.165, 1.54) is 0 Å². The van der Waals surface area contributed by atoms with Crippen LogP contribution >= 0.6 is 22.9 Å². The molecule has 2 aromatic rings. The van der Waals surface area contributed by atoms with Gasteiger partial charge in [-0.1, -0.05) is 23.7 Å². The monoisotopic (exact) mass is 323 g/mol. The van der Waals surface area contributed by atoms with Crippen LogP contribution in [0.1, 0.15) is 30.5 Å². The van der Waals surface area contributed by atoms with Gasteiger partial charge in [-0.25, -0.2) is 4.98 Å². The zero-order chi connectivity index (χ0) is 15.6. The van der Waals surface area contributed by atoms with E-state index in [1.54, 1.807) is 18.3 Å². The number of rotatable bonds is 4. The van der Waals surface area contributed by atoms with Crippen LogP contribution in [0.2, 0.25) is 5.02 Å². The molecule has 0 aliphatic rings. The third kappa shape index (κ3) is 3.81. The summed E-state index contributed by atoms with van der Waals surface area (Å²) in [4.78, 5) is 17.3. The summed E-state index contributed by atoms with van der Waals surface area (Å²) in [5.74, 6) is -0.164. The van der Waals surface area contributed by atoms with E-state index < -0.39 is 6.04 Å². The number of aromatic nitrogens is 1. The van der Waals surface area contributed by atoms with Gasteiger partial charge in [0.15, 0.2) is 0 Å². The van der Waals surface area contributed by atoms with Gasteiger partial charge in [0, 0.05) is 10.6 Å². The van der Waals surface area contributed by atoms with E-state index in [2.05, 4.69) is 10.3 Å². The minimum atomic E-state index is -0.517. The first kappa shape index (κ1) is 15.9. The first-order valence-electron chi connectivity index (χ1n) is 6.67. The van der Waals surface area contributed by atoms with Crippen molar-refractivity contribution in [2.45, 2.75) is 32.9 Å². The maximum Gasteiger partial charge on any atom is 0.237 e. The topological polar surface area (TPSA) is 68.0 Å². The molecule has 6 heteroatoms. The molecule has 1 heterocycles. The average Bonchev–Trinajstić information content (AvgIpc) is 2.81. The van der Waals surface area contributed by atoms with E-state index in [0.29, 0.717) is 5.02 Å². The molecule has 0 spiro atoms. The van der Waals surface area contributed by atoms with Crippen LogP contribution in [-0.2, 0) is 4.79 Å². The minimum absolute atomic E-state index is 0.109. The molecule has 2 atom stereocenters. The highest BCUT2D eigenvalue weighted by molar-refractivity contribution is 7.15. The number of hydrogen-bond acceptors (Lipinski definition) is 4. The third-order valence-electron chi connectivity index (χ3n) is 3.09. The van der Waals surface area contributed by atoms with Crippen molar-refractivity contribution in [3.8, 4) is 10.6 Å². The zero-order valence-corrected chi connectivity index (χ0v) is 13.8. The number of aryl methyl sites for hydroxylation is 1. The fourth-order valence-corrected chi connectivity index (χ4v) is 3.14. The number of nitrogens with two attached hydrogens (primary N) is 1. The second-order valence-corrected chi connectivity index (χ2v) is 6.46. The number of thiazole rings is 1. The maximum absolute atomic E-state index is 11.7. The molecule has 0 radical (unpaired) electrons. The molecule has 21 heavy (non-hydrogen) atoms. The molecule has 0 saturated heterocycles. The van der Waals surface area contributed by atoms with Gasteiger partial charge >= 0.3 is 0 Å². The van der Waals surface area contributed by atoms with Crippen molar-refractivity contribution in [3.05, 3.63) is 39.9 Å². The van der Waals surface area contributed by atoms with E-state index in [1.807, 2.05) is 38.1 Å². The standard InChI is InChI=1S/C15H18ClN3OS/c1-8(17)14(20)18-9(2)13-10(3)19-15(21-13)11-4-6-12(16)7-5-11/h4-9H,17H2,1-3H3,(H,18,20)/t8-,9?/m0/s1. The van der Waals surface area contributed by atoms with Crippen LogP contribution in [0.25, 0.3) is 10.6 Å². The van der Waals surface area contributed by atoms with E-state index in [-0.39, 0.29) is 11.9 Å². The highest BCUT2D eigenvalue weighted by atomic mass is 35.5. The van der Waals surface area contributed by atoms with Crippen molar-refractivity contribution < 1.29 is 4.79 Å². The molecule has 1 aromatic heterocycles. The maximum atomic E-state index is 11.7. The lowest BCUT2D eigenvalue weighted by Crippen LogP contribution is -2.39. The summed E-state index contributed by atoms with van der Waals surface area (Å²) in [6, 6.07) is 6.94. The zero-order valence-electron chi connectivity index (χ0n) is 12.2. The molecule has 112 valence electrons. The van der Waals surface area contributed by atoms with Crippen LogP contribution < -0.4 is 11.1 Å². The average molecular weight is 324 g/mol. The number of carbonyl (C=O) groups is 1. The Morgan fingerprint density at radius 2 is 1.95 bits per heavy atom. The molecule has 0 aliphatic heterocycles. The number of carbonyl (C=O) groups excluding carboxylic acids is 1. The Labute approximate surface area is 133 Å². The first-order chi connectivity index (χ1) is 9.88. The molecule has 0 bridgehead atoms. The quantitative estimate of drug-likeness (QED) is 0.907. The molecule has 1 amide bonds. The molecule has 0 saturated carbocycles. The molecule has 1 unspecified atom stereocenters.